The number of aromatic nitrogens is 1. The number of pyridine rings is 1. The maximum absolute atomic E-state index is 12.4. The quantitative estimate of drug-likeness (QED) is 0.393. The predicted octanol–water partition coefficient (Wildman–Crippen LogP) is 2.23. The number of carbonyl (C=O) groups is 1. The summed E-state index contributed by atoms with van der Waals surface area (Å²) in [6, 6.07) is 0.582. The smallest absolute Gasteiger partial charge is 0.338 e. The minimum Gasteiger partial charge on any atom is -0.478 e. The number of aromatic carboxylic acids is 1. The van der Waals surface area contributed by atoms with E-state index in [0.29, 0.717) is 6.07 Å². The van der Waals surface area contributed by atoms with Crippen LogP contribution in [0, 0.1) is 13.8 Å². The summed E-state index contributed by atoms with van der Waals surface area (Å²) in [5.74, 6) is -1.46. The van der Waals surface area contributed by atoms with Gasteiger partial charge in [0.1, 0.15) is 3.70 Å². The molecule has 0 aliphatic heterocycles. The summed E-state index contributed by atoms with van der Waals surface area (Å²) in [7, 11) is 0. The summed E-state index contributed by atoms with van der Waals surface area (Å²) in [6.07, 6.45) is -3.13. The van der Waals surface area contributed by atoms with Gasteiger partial charge in [-0.3, -0.25) is 10.1 Å². The first-order chi connectivity index (χ1) is 7.34. The molecule has 0 bridgehead atoms. The minimum absolute atomic E-state index is 0.217. The van der Waals surface area contributed by atoms with Crippen LogP contribution in [-0.4, -0.2) is 21.0 Å². The maximum Gasteiger partial charge on any atom is 0.338 e. The Morgan fingerprint density at radius 2 is 2.19 bits per heavy atom. The Morgan fingerprint density at radius 3 is 2.56 bits per heavy atom. The summed E-state index contributed by atoms with van der Waals surface area (Å²) >= 11 is 1.43. The predicted molar refractivity (Wildman–Crippen MR) is 55.5 cm³/mol. The van der Waals surface area contributed by atoms with Crippen molar-refractivity contribution in [2.24, 2.45) is 0 Å². The summed E-state index contributed by atoms with van der Waals surface area (Å²) in [4.78, 5) is 23.2. The van der Waals surface area contributed by atoms with Crippen LogP contribution in [0.2, 0.25) is 0 Å². The second-order valence-electron chi connectivity index (χ2n) is 2.59. The van der Waals surface area contributed by atoms with Crippen molar-refractivity contribution in [1.29, 1.82) is 0 Å². The van der Waals surface area contributed by atoms with E-state index in [4.69, 9.17) is 5.11 Å². The molecule has 0 aromatic carbocycles. The third kappa shape index (κ3) is 2.40. The highest BCUT2D eigenvalue weighted by Crippen LogP contribution is 2.29. The molecule has 9 heteroatoms. The third-order valence-corrected chi connectivity index (χ3v) is 2.44. The molecular formula is C7H3F2IN2O4. The number of carboxylic acids is 1. The van der Waals surface area contributed by atoms with E-state index in [1.54, 1.807) is 0 Å². The summed E-state index contributed by atoms with van der Waals surface area (Å²) in [6.45, 7) is 0. The largest absolute Gasteiger partial charge is 0.478 e. The molecular weight excluding hydrogens is 341 g/mol. The fraction of sp³-hybridized carbons (Fsp3) is 0.143. The SMILES string of the molecule is O=C(O)c1cc([N+](=O)[O-])c(C(F)F)nc1I. The van der Waals surface area contributed by atoms with Crippen LogP contribution in [0.25, 0.3) is 0 Å². The van der Waals surface area contributed by atoms with Crippen LogP contribution in [0.4, 0.5) is 14.5 Å². The Kier molecular flexibility index (Phi) is 3.67. The maximum atomic E-state index is 12.4. The Hall–Kier alpha value is -1.39. The zero-order valence-electron chi connectivity index (χ0n) is 7.35. The van der Waals surface area contributed by atoms with Crippen molar-refractivity contribution in [3.8, 4) is 0 Å². The number of carboxylic acid groups (broad SMARTS) is 1. The van der Waals surface area contributed by atoms with Crippen LogP contribution in [0.3, 0.4) is 0 Å². The standard InChI is InChI=1S/C7H3F2IN2O4/c8-5(9)4-3(12(15)16)1-2(7(13)14)6(10)11-4/h1,5H,(H,13,14). The molecule has 0 saturated carbocycles. The molecule has 0 saturated heterocycles. The van der Waals surface area contributed by atoms with Gasteiger partial charge in [-0.1, -0.05) is 0 Å². The Bertz CT molecular complexity index is 466. The lowest BCUT2D eigenvalue weighted by Crippen LogP contribution is -2.08. The average Bonchev–Trinajstić information content (AvgIpc) is 2.15. The van der Waals surface area contributed by atoms with Crippen molar-refractivity contribution in [2.75, 3.05) is 0 Å². The van der Waals surface area contributed by atoms with E-state index in [0.717, 1.165) is 0 Å². The number of rotatable bonds is 3. The van der Waals surface area contributed by atoms with Crippen LogP contribution in [0.1, 0.15) is 22.5 Å². The molecule has 0 amide bonds. The second kappa shape index (κ2) is 4.63. The van der Waals surface area contributed by atoms with Crippen LogP contribution in [0.15, 0.2) is 6.07 Å². The van der Waals surface area contributed by atoms with Crippen LogP contribution < -0.4 is 0 Å². The number of hydrogen-bond acceptors (Lipinski definition) is 4. The highest BCUT2D eigenvalue weighted by atomic mass is 127. The highest BCUT2D eigenvalue weighted by molar-refractivity contribution is 14.1. The molecule has 1 rings (SSSR count). The van der Waals surface area contributed by atoms with E-state index in [-0.39, 0.29) is 3.70 Å². The van der Waals surface area contributed by atoms with E-state index < -0.39 is 34.3 Å². The van der Waals surface area contributed by atoms with E-state index in [2.05, 4.69) is 4.98 Å². The average molecular weight is 344 g/mol. The molecule has 1 N–H and O–H groups in total. The van der Waals surface area contributed by atoms with Gasteiger partial charge in [0.05, 0.1) is 10.5 Å². The van der Waals surface area contributed by atoms with Crippen LogP contribution >= 0.6 is 22.6 Å². The number of alkyl halides is 2. The molecule has 86 valence electrons. The van der Waals surface area contributed by atoms with Gasteiger partial charge < -0.3 is 5.11 Å². The molecule has 16 heavy (non-hydrogen) atoms. The van der Waals surface area contributed by atoms with Gasteiger partial charge in [-0.25, -0.2) is 18.6 Å². The molecule has 1 heterocycles. The number of halogens is 3. The van der Waals surface area contributed by atoms with Crippen molar-refractivity contribution >= 4 is 34.2 Å². The molecule has 0 aliphatic rings. The molecule has 0 spiro atoms. The van der Waals surface area contributed by atoms with Gasteiger partial charge in [0.25, 0.3) is 12.1 Å². The lowest BCUT2D eigenvalue weighted by Gasteiger charge is -2.04. The van der Waals surface area contributed by atoms with E-state index in [1.165, 1.54) is 22.6 Å². The van der Waals surface area contributed by atoms with E-state index in [1.807, 2.05) is 0 Å². The van der Waals surface area contributed by atoms with Gasteiger partial charge >= 0.3 is 5.97 Å². The number of hydrogen-bond donors (Lipinski definition) is 1. The summed E-state index contributed by atoms with van der Waals surface area (Å²) in [5, 5.41) is 19.1. The first-order valence-electron chi connectivity index (χ1n) is 3.71. The fourth-order valence-electron chi connectivity index (χ4n) is 0.950. The number of nitro groups is 1. The van der Waals surface area contributed by atoms with Gasteiger partial charge in [-0.2, -0.15) is 0 Å². The Labute approximate surface area is 101 Å². The molecule has 1 aromatic heterocycles. The van der Waals surface area contributed by atoms with Gasteiger partial charge in [-0.15, -0.1) is 0 Å². The van der Waals surface area contributed by atoms with Gasteiger partial charge in [0.15, 0.2) is 5.69 Å². The lowest BCUT2D eigenvalue weighted by molar-refractivity contribution is -0.386. The van der Waals surface area contributed by atoms with Crippen molar-refractivity contribution in [1.82, 2.24) is 4.98 Å². The minimum atomic E-state index is -3.13. The molecule has 0 radical (unpaired) electrons. The van der Waals surface area contributed by atoms with Gasteiger partial charge in [0, 0.05) is 6.07 Å². The number of nitrogens with zero attached hydrogens (tertiary/aromatic N) is 2. The zero-order valence-corrected chi connectivity index (χ0v) is 9.51. The lowest BCUT2D eigenvalue weighted by atomic mass is 10.2. The fourth-order valence-corrected chi connectivity index (χ4v) is 1.60. The van der Waals surface area contributed by atoms with Gasteiger partial charge in [-0.05, 0) is 22.6 Å². The molecule has 0 fully saturated rings. The van der Waals surface area contributed by atoms with E-state index in [9.17, 15) is 23.7 Å². The second-order valence-corrected chi connectivity index (χ2v) is 3.62. The first kappa shape index (κ1) is 12.7. The summed E-state index contributed by atoms with van der Waals surface area (Å²) in [5.41, 5.74) is -2.50. The van der Waals surface area contributed by atoms with Crippen molar-refractivity contribution < 1.29 is 23.6 Å². The monoisotopic (exact) mass is 344 g/mol. The molecule has 6 nitrogen and oxygen atoms in total. The van der Waals surface area contributed by atoms with Crippen molar-refractivity contribution in [3.05, 3.63) is 31.1 Å². The summed E-state index contributed by atoms with van der Waals surface area (Å²) < 4.78 is 24.5. The third-order valence-electron chi connectivity index (χ3n) is 1.62. The van der Waals surface area contributed by atoms with Crippen molar-refractivity contribution in [3.63, 3.8) is 0 Å². The molecule has 0 unspecified atom stereocenters. The van der Waals surface area contributed by atoms with Gasteiger partial charge in [0.2, 0.25) is 0 Å². The van der Waals surface area contributed by atoms with Crippen LogP contribution in [0.5, 0.6) is 0 Å². The Morgan fingerprint density at radius 1 is 1.62 bits per heavy atom. The molecule has 0 aliphatic carbocycles. The topological polar surface area (TPSA) is 93.3 Å². The molecule has 0 atom stereocenters. The zero-order chi connectivity index (χ0) is 12.5. The Balaban J connectivity index is 3.49. The first-order valence-corrected chi connectivity index (χ1v) is 4.78. The molecule has 1 aromatic rings. The van der Waals surface area contributed by atoms with Crippen LogP contribution in [-0.2, 0) is 0 Å². The normalized spacial score (nSPS) is 10.5. The van der Waals surface area contributed by atoms with Crippen molar-refractivity contribution in [2.45, 2.75) is 6.43 Å². The highest BCUT2D eigenvalue weighted by Gasteiger charge is 2.27. The van der Waals surface area contributed by atoms with E-state index >= 15 is 0 Å².